The SMILES string of the molecule is CCN[C@H](C)CNC(=O)c1cccc(S(=O)(=O)Nc2ccccc2F)c1. The molecule has 0 radical (unpaired) electrons. The van der Waals surface area contributed by atoms with Crippen LogP contribution in [-0.4, -0.2) is 33.5 Å². The minimum Gasteiger partial charge on any atom is -0.350 e. The molecule has 0 saturated carbocycles. The third-order valence-corrected chi connectivity index (χ3v) is 5.01. The summed E-state index contributed by atoms with van der Waals surface area (Å²) in [5.41, 5.74) is 0.0620. The molecule has 0 aliphatic carbocycles. The fraction of sp³-hybridized carbons (Fsp3) is 0.278. The summed E-state index contributed by atoms with van der Waals surface area (Å²) in [5, 5.41) is 5.91. The van der Waals surface area contributed by atoms with Gasteiger partial charge in [0.1, 0.15) is 5.82 Å². The average Bonchev–Trinajstić information content (AvgIpc) is 2.62. The molecule has 0 bridgehead atoms. The normalized spacial score (nSPS) is 12.4. The molecule has 0 spiro atoms. The molecule has 3 N–H and O–H groups in total. The standard InChI is InChI=1S/C18H22FN3O3S/c1-3-20-13(2)12-21-18(23)14-7-6-8-15(11-14)26(24,25)22-17-10-5-4-9-16(17)19/h4-11,13,20,22H,3,12H2,1-2H3,(H,21,23)/t13-/m1/s1. The number of rotatable bonds is 8. The highest BCUT2D eigenvalue weighted by Gasteiger charge is 2.18. The van der Waals surface area contributed by atoms with Crippen molar-refractivity contribution in [2.24, 2.45) is 0 Å². The largest absolute Gasteiger partial charge is 0.350 e. The van der Waals surface area contributed by atoms with Gasteiger partial charge in [0.25, 0.3) is 15.9 Å². The number of hydrogen-bond donors (Lipinski definition) is 3. The number of carbonyl (C=O) groups excluding carboxylic acids is 1. The van der Waals surface area contributed by atoms with E-state index in [9.17, 15) is 17.6 Å². The fourth-order valence-electron chi connectivity index (χ4n) is 2.32. The zero-order chi connectivity index (χ0) is 19.2. The van der Waals surface area contributed by atoms with Gasteiger partial charge in [-0.25, -0.2) is 12.8 Å². The number of benzene rings is 2. The van der Waals surface area contributed by atoms with E-state index >= 15 is 0 Å². The molecule has 0 saturated heterocycles. The topological polar surface area (TPSA) is 87.3 Å². The number of halogens is 1. The lowest BCUT2D eigenvalue weighted by molar-refractivity contribution is 0.0950. The molecule has 1 atom stereocenters. The van der Waals surface area contributed by atoms with Gasteiger partial charge < -0.3 is 10.6 Å². The number of sulfonamides is 1. The molecule has 1 amide bonds. The lowest BCUT2D eigenvalue weighted by Gasteiger charge is -2.14. The Morgan fingerprint density at radius 2 is 1.88 bits per heavy atom. The molecule has 0 fully saturated rings. The number of para-hydroxylation sites is 1. The molecule has 0 heterocycles. The van der Waals surface area contributed by atoms with Gasteiger partial charge in [0.05, 0.1) is 10.6 Å². The first-order chi connectivity index (χ1) is 12.3. The predicted molar refractivity (Wildman–Crippen MR) is 99.1 cm³/mol. The number of likely N-dealkylation sites (N-methyl/N-ethyl adjacent to an activating group) is 1. The van der Waals surface area contributed by atoms with Crippen molar-refractivity contribution < 1.29 is 17.6 Å². The molecule has 2 rings (SSSR count). The number of carbonyl (C=O) groups is 1. The molecule has 8 heteroatoms. The first-order valence-electron chi connectivity index (χ1n) is 8.22. The molecular formula is C18H22FN3O3S. The van der Waals surface area contributed by atoms with Crippen molar-refractivity contribution in [3.8, 4) is 0 Å². The number of amides is 1. The van der Waals surface area contributed by atoms with Crippen LogP contribution < -0.4 is 15.4 Å². The highest BCUT2D eigenvalue weighted by atomic mass is 32.2. The molecule has 0 aliphatic rings. The Kier molecular flexibility index (Phi) is 6.70. The van der Waals surface area contributed by atoms with Gasteiger partial charge in [-0.05, 0) is 43.8 Å². The summed E-state index contributed by atoms with van der Waals surface area (Å²) in [6.45, 7) is 5.10. The lowest BCUT2D eigenvalue weighted by Crippen LogP contribution is -2.38. The van der Waals surface area contributed by atoms with Crippen molar-refractivity contribution in [3.05, 3.63) is 59.9 Å². The smallest absolute Gasteiger partial charge is 0.262 e. The second-order valence-electron chi connectivity index (χ2n) is 5.78. The first-order valence-corrected chi connectivity index (χ1v) is 9.71. The highest BCUT2D eigenvalue weighted by Crippen LogP contribution is 2.19. The van der Waals surface area contributed by atoms with E-state index in [0.717, 1.165) is 12.6 Å². The summed E-state index contributed by atoms with van der Waals surface area (Å²) in [6.07, 6.45) is 0. The van der Waals surface area contributed by atoms with Gasteiger partial charge >= 0.3 is 0 Å². The van der Waals surface area contributed by atoms with Crippen LogP contribution in [0.4, 0.5) is 10.1 Å². The number of hydrogen-bond acceptors (Lipinski definition) is 4. The van der Waals surface area contributed by atoms with Crippen LogP contribution in [0.2, 0.25) is 0 Å². The van der Waals surface area contributed by atoms with Gasteiger partial charge in [-0.15, -0.1) is 0 Å². The first kappa shape index (κ1) is 19.9. The molecule has 2 aromatic carbocycles. The minimum atomic E-state index is -4.01. The summed E-state index contributed by atoms with van der Waals surface area (Å²) < 4.78 is 40.8. The summed E-state index contributed by atoms with van der Waals surface area (Å²) in [5.74, 6) is -1.06. The molecule has 0 aliphatic heterocycles. The summed E-state index contributed by atoms with van der Waals surface area (Å²) in [4.78, 5) is 12.1. The predicted octanol–water partition coefficient (Wildman–Crippen LogP) is 2.35. The lowest BCUT2D eigenvalue weighted by atomic mass is 10.2. The Balaban J connectivity index is 2.14. The molecular weight excluding hydrogens is 357 g/mol. The maximum Gasteiger partial charge on any atom is 0.262 e. The summed E-state index contributed by atoms with van der Waals surface area (Å²) in [7, 11) is -4.01. The zero-order valence-corrected chi connectivity index (χ0v) is 15.4. The van der Waals surface area contributed by atoms with Crippen LogP contribution in [-0.2, 0) is 10.0 Å². The van der Waals surface area contributed by atoms with E-state index in [-0.39, 0.29) is 28.1 Å². The second-order valence-corrected chi connectivity index (χ2v) is 7.46. The van der Waals surface area contributed by atoms with Gasteiger partial charge in [0.2, 0.25) is 0 Å². The third-order valence-electron chi connectivity index (χ3n) is 3.65. The number of anilines is 1. The molecule has 2 aromatic rings. The fourth-order valence-corrected chi connectivity index (χ4v) is 3.43. The second kappa shape index (κ2) is 8.77. The van der Waals surface area contributed by atoms with E-state index < -0.39 is 15.8 Å². The van der Waals surface area contributed by atoms with Crippen LogP contribution in [0, 0.1) is 5.82 Å². The van der Waals surface area contributed by atoms with E-state index in [0.29, 0.717) is 6.54 Å². The molecule has 26 heavy (non-hydrogen) atoms. The van der Waals surface area contributed by atoms with Gasteiger partial charge in [-0.2, -0.15) is 0 Å². The van der Waals surface area contributed by atoms with E-state index in [4.69, 9.17) is 0 Å². The number of nitrogens with one attached hydrogen (secondary N) is 3. The highest BCUT2D eigenvalue weighted by molar-refractivity contribution is 7.92. The van der Waals surface area contributed by atoms with Crippen molar-refractivity contribution in [2.75, 3.05) is 17.8 Å². The van der Waals surface area contributed by atoms with Crippen LogP contribution in [0.25, 0.3) is 0 Å². The average molecular weight is 379 g/mol. The molecule has 0 aromatic heterocycles. The monoisotopic (exact) mass is 379 g/mol. The van der Waals surface area contributed by atoms with Gasteiger partial charge in [0, 0.05) is 18.2 Å². The van der Waals surface area contributed by atoms with Crippen LogP contribution in [0.15, 0.2) is 53.4 Å². The van der Waals surface area contributed by atoms with Gasteiger partial charge in [-0.3, -0.25) is 9.52 Å². The van der Waals surface area contributed by atoms with Crippen LogP contribution in [0.1, 0.15) is 24.2 Å². The minimum absolute atomic E-state index is 0.0959. The van der Waals surface area contributed by atoms with E-state index in [1.54, 1.807) is 0 Å². The molecule has 6 nitrogen and oxygen atoms in total. The van der Waals surface area contributed by atoms with E-state index in [2.05, 4.69) is 15.4 Å². The molecule has 140 valence electrons. The van der Waals surface area contributed by atoms with Gasteiger partial charge in [0.15, 0.2) is 0 Å². The Morgan fingerprint density at radius 1 is 1.15 bits per heavy atom. The van der Waals surface area contributed by atoms with Crippen LogP contribution >= 0.6 is 0 Å². The maximum atomic E-state index is 13.7. The molecule has 0 unspecified atom stereocenters. The van der Waals surface area contributed by atoms with Crippen molar-refractivity contribution in [2.45, 2.75) is 24.8 Å². The van der Waals surface area contributed by atoms with Crippen LogP contribution in [0.5, 0.6) is 0 Å². The van der Waals surface area contributed by atoms with Crippen molar-refractivity contribution in [1.82, 2.24) is 10.6 Å². The maximum absolute atomic E-state index is 13.7. The van der Waals surface area contributed by atoms with Crippen molar-refractivity contribution >= 4 is 21.6 Å². The Morgan fingerprint density at radius 3 is 2.58 bits per heavy atom. The Bertz CT molecular complexity index is 871. The Labute approximate surface area is 152 Å². The zero-order valence-electron chi connectivity index (χ0n) is 14.6. The van der Waals surface area contributed by atoms with E-state index in [1.807, 2.05) is 13.8 Å². The Hall–Kier alpha value is -2.45. The van der Waals surface area contributed by atoms with Crippen molar-refractivity contribution in [3.63, 3.8) is 0 Å². The quantitative estimate of drug-likeness (QED) is 0.657. The summed E-state index contributed by atoms with van der Waals surface area (Å²) >= 11 is 0. The van der Waals surface area contributed by atoms with E-state index in [1.165, 1.54) is 42.5 Å². The van der Waals surface area contributed by atoms with Crippen molar-refractivity contribution in [1.29, 1.82) is 0 Å². The van der Waals surface area contributed by atoms with Gasteiger partial charge in [-0.1, -0.05) is 25.1 Å². The van der Waals surface area contributed by atoms with Crippen LogP contribution in [0.3, 0.4) is 0 Å². The third kappa shape index (κ3) is 5.27. The summed E-state index contributed by atoms with van der Waals surface area (Å²) in [6, 6.07) is 11.2.